The Morgan fingerprint density at radius 2 is 1.80 bits per heavy atom. The van der Waals surface area contributed by atoms with Gasteiger partial charge in [0.05, 0.1) is 4.90 Å². The molecule has 0 spiro atoms. The molecule has 0 saturated carbocycles. The fourth-order valence-electron chi connectivity index (χ4n) is 1.87. The van der Waals surface area contributed by atoms with E-state index in [-0.39, 0.29) is 6.61 Å². The largest absolute Gasteiger partial charge is 0.396 e. The van der Waals surface area contributed by atoms with Gasteiger partial charge < -0.3 is 10.4 Å². The number of nitrogens with one attached hydrogen (secondary N) is 1. The van der Waals surface area contributed by atoms with Crippen LogP contribution in [0.4, 0.5) is 5.69 Å². The van der Waals surface area contributed by atoms with Crippen molar-refractivity contribution in [1.29, 1.82) is 0 Å². The first-order chi connectivity index (χ1) is 9.52. The molecule has 0 bridgehead atoms. The van der Waals surface area contributed by atoms with Crippen molar-refractivity contribution < 1.29 is 13.5 Å². The fraction of sp³-hybridized carbons (Fsp3) is 0.571. The lowest BCUT2D eigenvalue weighted by molar-refractivity contribution is 0.281. The summed E-state index contributed by atoms with van der Waals surface area (Å²) in [5.74, 6) is 0. The highest BCUT2D eigenvalue weighted by Crippen LogP contribution is 2.17. The number of benzene rings is 1. The number of hydrogen-bond acceptors (Lipinski definition) is 4. The fourth-order valence-corrected chi connectivity index (χ4v) is 3.08. The maximum Gasteiger partial charge on any atom is 0.242 e. The Morgan fingerprint density at radius 1 is 1.15 bits per heavy atom. The van der Waals surface area contributed by atoms with Gasteiger partial charge in [-0.3, -0.25) is 0 Å². The molecule has 0 heterocycles. The number of anilines is 1. The number of hydrogen-bond donors (Lipinski definition) is 2. The first-order valence-corrected chi connectivity index (χ1v) is 8.37. The topological polar surface area (TPSA) is 69.6 Å². The quantitative estimate of drug-likeness (QED) is 0.683. The van der Waals surface area contributed by atoms with Crippen LogP contribution in [0.1, 0.15) is 26.2 Å². The maximum absolute atomic E-state index is 12.3. The van der Waals surface area contributed by atoms with Gasteiger partial charge in [-0.1, -0.05) is 0 Å². The predicted octanol–water partition coefficient (Wildman–Crippen LogP) is 1.90. The Labute approximate surface area is 121 Å². The molecule has 2 N–H and O–H groups in total. The average Bonchev–Trinajstić information content (AvgIpc) is 2.44. The second-order valence-corrected chi connectivity index (χ2v) is 6.71. The van der Waals surface area contributed by atoms with Gasteiger partial charge in [-0.2, -0.15) is 0 Å². The van der Waals surface area contributed by atoms with Crippen molar-refractivity contribution in [3.8, 4) is 0 Å². The summed E-state index contributed by atoms with van der Waals surface area (Å²) in [6, 6.07) is 6.79. The Hall–Kier alpha value is -1.11. The van der Waals surface area contributed by atoms with Crippen LogP contribution in [0.25, 0.3) is 0 Å². The number of aliphatic hydroxyl groups excluding tert-OH is 1. The molecule has 1 aromatic carbocycles. The summed E-state index contributed by atoms with van der Waals surface area (Å²) in [4.78, 5) is 0.309. The van der Waals surface area contributed by atoms with Crippen LogP contribution in [0.15, 0.2) is 29.2 Å². The van der Waals surface area contributed by atoms with Crippen molar-refractivity contribution in [2.45, 2.75) is 31.1 Å². The molecule has 1 aromatic rings. The summed E-state index contributed by atoms with van der Waals surface area (Å²) in [5.41, 5.74) is 0.914. The van der Waals surface area contributed by atoms with E-state index in [1.807, 2.05) is 6.92 Å². The van der Waals surface area contributed by atoms with Crippen molar-refractivity contribution in [3.63, 3.8) is 0 Å². The smallest absolute Gasteiger partial charge is 0.242 e. The average molecular weight is 300 g/mol. The molecular formula is C14H24N2O3S. The molecule has 20 heavy (non-hydrogen) atoms. The third-order valence-corrected chi connectivity index (χ3v) is 4.95. The highest BCUT2D eigenvalue weighted by Gasteiger charge is 2.19. The summed E-state index contributed by atoms with van der Waals surface area (Å²) in [6.07, 6.45) is 2.30. The zero-order chi connectivity index (χ0) is 15.0. The van der Waals surface area contributed by atoms with Crippen LogP contribution in [0.5, 0.6) is 0 Å². The van der Waals surface area contributed by atoms with E-state index in [9.17, 15) is 8.42 Å². The summed E-state index contributed by atoms with van der Waals surface area (Å²) >= 11 is 0. The lowest BCUT2D eigenvalue weighted by Crippen LogP contribution is -2.28. The van der Waals surface area contributed by atoms with E-state index in [0.717, 1.165) is 25.1 Å². The number of nitrogens with zero attached hydrogens (tertiary/aromatic N) is 1. The molecule has 0 aromatic heterocycles. The lowest BCUT2D eigenvalue weighted by atomic mass is 10.2. The van der Waals surface area contributed by atoms with Crippen LogP contribution in [0.3, 0.4) is 0 Å². The molecule has 0 saturated heterocycles. The molecule has 0 amide bonds. The molecule has 6 heteroatoms. The Bertz CT molecular complexity index is 486. The van der Waals surface area contributed by atoms with Gasteiger partial charge in [-0.25, -0.2) is 12.7 Å². The molecule has 0 radical (unpaired) electrons. The van der Waals surface area contributed by atoms with Crippen LogP contribution in [0.2, 0.25) is 0 Å². The third-order valence-electron chi connectivity index (χ3n) is 3.07. The summed E-state index contributed by atoms with van der Waals surface area (Å²) < 4.78 is 26.0. The molecular weight excluding hydrogens is 276 g/mol. The minimum atomic E-state index is -3.41. The minimum Gasteiger partial charge on any atom is -0.396 e. The van der Waals surface area contributed by atoms with Crippen molar-refractivity contribution in [2.24, 2.45) is 0 Å². The highest BCUT2D eigenvalue weighted by molar-refractivity contribution is 7.89. The normalized spacial score (nSPS) is 11.8. The standard InChI is InChI=1S/C14H24N2O3S/c1-3-15-13-7-9-14(10-8-13)20(18,19)16(2)11-5-4-6-12-17/h7-10,15,17H,3-6,11-12H2,1-2H3. The third kappa shape index (κ3) is 4.77. The molecule has 1 rings (SSSR count). The SMILES string of the molecule is CCNc1ccc(S(=O)(=O)N(C)CCCCCO)cc1. The van der Waals surface area contributed by atoms with Crippen molar-refractivity contribution >= 4 is 15.7 Å². The van der Waals surface area contributed by atoms with E-state index in [4.69, 9.17) is 5.11 Å². The molecule has 0 atom stereocenters. The van der Waals surface area contributed by atoms with E-state index >= 15 is 0 Å². The van der Waals surface area contributed by atoms with Gasteiger partial charge in [0.15, 0.2) is 0 Å². The number of unbranched alkanes of at least 4 members (excludes halogenated alkanes) is 2. The summed E-state index contributed by atoms with van der Waals surface area (Å²) in [6.45, 7) is 3.42. The predicted molar refractivity (Wildman–Crippen MR) is 81.4 cm³/mol. The van der Waals surface area contributed by atoms with E-state index in [2.05, 4.69) is 5.32 Å². The second-order valence-electron chi connectivity index (χ2n) is 4.67. The summed E-state index contributed by atoms with van der Waals surface area (Å²) in [7, 11) is -1.83. The molecule has 0 aliphatic rings. The molecule has 114 valence electrons. The van der Waals surface area contributed by atoms with Gasteiger partial charge in [0.1, 0.15) is 0 Å². The summed E-state index contributed by atoms with van der Waals surface area (Å²) in [5, 5.41) is 11.8. The van der Waals surface area contributed by atoms with Crippen LogP contribution < -0.4 is 5.32 Å². The first-order valence-electron chi connectivity index (χ1n) is 6.93. The number of sulfonamides is 1. The van der Waals surface area contributed by atoms with E-state index < -0.39 is 10.0 Å². The van der Waals surface area contributed by atoms with Crippen LogP contribution >= 0.6 is 0 Å². The van der Waals surface area contributed by atoms with Crippen LogP contribution in [0, 0.1) is 0 Å². The number of rotatable bonds is 9. The van der Waals surface area contributed by atoms with E-state index in [1.54, 1.807) is 31.3 Å². The van der Waals surface area contributed by atoms with Gasteiger partial charge in [0.25, 0.3) is 0 Å². The monoisotopic (exact) mass is 300 g/mol. The van der Waals surface area contributed by atoms with Gasteiger partial charge in [-0.15, -0.1) is 0 Å². The molecule has 0 aliphatic heterocycles. The molecule has 0 aliphatic carbocycles. The van der Waals surface area contributed by atoms with E-state index in [0.29, 0.717) is 17.9 Å². The Balaban J connectivity index is 2.66. The van der Waals surface area contributed by atoms with Crippen LogP contribution in [-0.2, 0) is 10.0 Å². The van der Waals surface area contributed by atoms with Crippen molar-refractivity contribution in [2.75, 3.05) is 32.1 Å². The number of aliphatic hydroxyl groups is 1. The molecule has 0 fully saturated rings. The van der Waals surface area contributed by atoms with Gasteiger partial charge in [0.2, 0.25) is 10.0 Å². The minimum absolute atomic E-state index is 0.155. The van der Waals surface area contributed by atoms with Crippen LogP contribution in [-0.4, -0.2) is 44.6 Å². The molecule has 5 nitrogen and oxygen atoms in total. The van der Waals surface area contributed by atoms with Crippen molar-refractivity contribution in [1.82, 2.24) is 4.31 Å². The maximum atomic E-state index is 12.3. The van der Waals surface area contributed by atoms with Gasteiger partial charge in [-0.05, 0) is 50.5 Å². The zero-order valence-electron chi connectivity index (χ0n) is 12.2. The van der Waals surface area contributed by atoms with Gasteiger partial charge >= 0.3 is 0 Å². The van der Waals surface area contributed by atoms with E-state index in [1.165, 1.54) is 4.31 Å². The Kier molecular flexibility index (Phi) is 6.98. The van der Waals surface area contributed by atoms with Gasteiger partial charge in [0, 0.05) is 32.4 Å². The highest BCUT2D eigenvalue weighted by atomic mass is 32.2. The zero-order valence-corrected chi connectivity index (χ0v) is 13.0. The first kappa shape index (κ1) is 16.9. The molecule has 0 unspecified atom stereocenters. The lowest BCUT2D eigenvalue weighted by Gasteiger charge is -2.17. The second kappa shape index (κ2) is 8.24. The van der Waals surface area contributed by atoms with Crippen molar-refractivity contribution in [3.05, 3.63) is 24.3 Å². The Morgan fingerprint density at radius 3 is 2.35 bits per heavy atom.